The minimum absolute atomic E-state index is 0.0485. The fourth-order valence-corrected chi connectivity index (χ4v) is 1.21. The number of amides is 1. The molecule has 94 valence electrons. The lowest BCUT2D eigenvalue weighted by Gasteiger charge is -2.11. The van der Waals surface area contributed by atoms with Gasteiger partial charge in [0, 0.05) is 12.6 Å². The maximum absolute atomic E-state index is 11.4. The van der Waals surface area contributed by atoms with E-state index in [2.05, 4.69) is 5.32 Å². The predicted octanol–water partition coefficient (Wildman–Crippen LogP) is 0.537. The lowest BCUT2D eigenvalue weighted by Crippen LogP contribution is -2.37. The molecule has 1 rings (SSSR count). The second-order valence-corrected chi connectivity index (χ2v) is 3.72. The molecule has 0 aliphatic rings. The Hall–Kier alpha value is -1.75. The highest BCUT2D eigenvalue weighted by atomic mass is 16.5. The van der Waals surface area contributed by atoms with Crippen molar-refractivity contribution >= 4 is 5.91 Å². The molecule has 0 saturated heterocycles. The summed E-state index contributed by atoms with van der Waals surface area (Å²) in [6.07, 6.45) is 0. The molecule has 1 amide bonds. The summed E-state index contributed by atoms with van der Waals surface area (Å²) in [5.41, 5.74) is 5.52. The molecule has 0 heterocycles. The fraction of sp³-hybridized carbons (Fsp3) is 0.417. The lowest BCUT2D eigenvalue weighted by molar-refractivity contribution is -0.123. The van der Waals surface area contributed by atoms with Crippen LogP contribution in [0.25, 0.3) is 0 Å². The van der Waals surface area contributed by atoms with Crippen LogP contribution in [0.4, 0.5) is 0 Å². The summed E-state index contributed by atoms with van der Waals surface area (Å²) >= 11 is 0. The van der Waals surface area contributed by atoms with Gasteiger partial charge in [0.25, 0.3) is 5.91 Å². The molecule has 1 aromatic carbocycles. The second-order valence-electron chi connectivity index (χ2n) is 3.72. The van der Waals surface area contributed by atoms with Crippen molar-refractivity contribution in [3.8, 4) is 11.5 Å². The van der Waals surface area contributed by atoms with Crippen LogP contribution in [0.15, 0.2) is 24.3 Å². The Balaban J connectivity index is 2.42. The van der Waals surface area contributed by atoms with E-state index in [0.717, 1.165) is 0 Å². The van der Waals surface area contributed by atoms with Crippen molar-refractivity contribution in [2.24, 2.45) is 5.73 Å². The van der Waals surface area contributed by atoms with Gasteiger partial charge in [-0.1, -0.05) is 12.1 Å². The monoisotopic (exact) mass is 238 g/mol. The van der Waals surface area contributed by atoms with Crippen molar-refractivity contribution in [2.75, 3.05) is 20.3 Å². The van der Waals surface area contributed by atoms with E-state index in [9.17, 15) is 4.79 Å². The Morgan fingerprint density at radius 3 is 2.65 bits per heavy atom. The van der Waals surface area contributed by atoms with Crippen molar-refractivity contribution < 1.29 is 14.3 Å². The molecule has 0 spiro atoms. The zero-order chi connectivity index (χ0) is 12.7. The van der Waals surface area contributed by atoms with Crippen LogP contribution in [0.1, 0.15) is 6.92 Å². The van der Waals surface area contributed by atoms with Crippen molar-refractivity contribution in [3.63, 3.8) is 0 Å². The average molecular weight is 238 g/mol. The van der Waals surface area contributed by atoms with Gasteiger partial charge in [0.1, 0.15) is 0 Å². The number of carbonyl (C=O) groups excluding carboxylic acids is 1. The van der Waals surface area contributed by atoms with Gasteiger partial charge in [-0.2, -0.15) is 0 Å². The van der Waals surface area contributed by atoms with E-state index >= 15 is 0 Å². The Morgan fingerprint density at radius 2 is 2.06 bits per heavy atom. The number of rotatable bonds is 6. The third-order valence-corrected chi connectivity index (χ3v) is 2.05. The van der Waals surface area contributed by atoms with Crippen molar-refractivity contribution in [3.05, 3.63) is 24.3 Å². The topological polar surface area (TPSA) is 73.6 Å². The van der Waals surface area contributed by atoms with Gasteiger partial charge in [-0.05, 0) is 19.1 Å². The SMILES string of the molecule is COc1ccccc1OCC(=O)NCC(C)N. The first-order valence-electron chi connectivity index (χ1n) is 5.41. The van der Waals surface area contributed by atoms with Gasteiger partial charge in [-0.3, -0.25) is 4.79 Å². The Morgan fingerprint density at radius 1 is 1.41 bits per heavy atom. The molecule has 5 nitrogen and oxygen atoms in total. The molecule has 0 bridgehead atoms. The number of methoxy groups -OCH3 is 1. The van der Waals surface area contributed by atoms with E-state index in [0.29, 0.717) is 18.0 Å². The Bertz CT molecular complexity index is 367. The third-order valence-electron chi connectivity index (χ3n) is 2.05. The van der Waals surface area contributed by atoms with E-state index in [1.165, 1.54) is 0 Å². The van der Waals surface area contributed by atoms with Crippen molar-refractivity contribution in [2.45, 2.75) is 13.0 Å². The minimum Gasteiger partial charge on any atom is -0.493 e. The number of carbonyl (C=O) groups is 1. The number of nitrogens with one attached hydrogen (secondary N) is 1. The maximum atomic E-state index is 11.4. The summed E-state index contributed by atoms with van der Waals surface area (Å²) < 4.78 is 10.4. The van der Waals surface area contributed by atoms with Crippen LogP contribution >= 0.6 is 0 Å². The molecule has 1 aromatic rings. The number of para-hydroxylation sites is 2. The summed E-state index contributed by atoms with van der Waals surface area (Å²) in [4.78, 5) is 11.4. The zero-order valence-electron chi connectivity index (χ0n) is 10.1. The first kappa shape index (κ1) is 13.3. The highest BCUT2D eigenvalue weighted by Gasteiger charge is 2.06. The molecule has 0 fully saturated rings. The summed E-state index contributed by atoms with van der Waals surface area (Å²) in [5.74, 6) is 0.951. The van der Waals surface area contributed by atoms with Gasteiger partial charge < -0.3 is 20.5 Å². The molecule has 0 aliphatic heterocycles. The molecule has 1 unspecified atom stereocenters. The maximum Gasteiger partial charge on any atom is 0.257 e. The van der Waals surface area contributed by atoms with Crippen LogP contribution in [-0.2, 0) is 4.79 Å². The molecule has 17 heavy (non-hydrogen) atoms. The van der Waals surface area contributed by atoms with Crippen LogP contribution in [0.2, 0.25) is 0 Å². The fourth-order valence-electron chi connectivity index (χ4n) is 1.21. The Kier molecular flexibility index (Phi) is 5.29. The van der Waals surface area contributed by atoms with Gasteiger partial charge in [-0.15, -0.1) is 0 Å². The smallest absolute Gasteiger partial charge is 0.257 e. The summed E-state index contributed by atoms with van der Waals surface area (Å²) in [6.45, 7) is 2.21. The van der Waals surface area contributed by atoms with E-state index in [1.807, 2.05) is 19.1 Å². The molecule has 5 heteroatoms. The lowest BCUT2D eigenvalue weighted by atomic mass is 10.3. The predicted molar refractivity (Wildman–Crippen MR) is 65.1 cm³/mol. The quantitative estimate of drug-likeness (QED) is 0.758. The largest absolute Gasteiger partial charge is 0.493 e. The van der Waals surface area contributed by atoms with E-state index < -0.39 is 0 Å². The van der Waals surface area contributed by atoms with Crippen LogP contribution in [0.3, 0.4) is 0 Å². The van der Waals surface area contributed by atoms with Gasteiger partial charge in [0.2, 0.25) is 0 Å². The average Bonchev–Trinajstić information content (AvgIpc) is 2.34. The molecule has 0 radical (unpaired) electrons. The minimum atomic E-state index is -0.201. The first-order chi connectivity index (χ1) is 8.13. The van der Waals surface area contributed by atoms with Crippen molar-refractivity contribution in [1.82, 2.24) is 5.32 Å². The molecule has 0 aliphatic carbocycles. The molecular formula is C12H18N2O3. The molecule has 3 N–H and O–H groups in total. The van der Waals surface area contributed by atoms with Crippen LogP contribution in [-0.4, -0.2) is 32.2 Å². The van der Waals surface area contributed by atoms with E-state index in [4.69, 9.17) is 15.2 Å². The number of ether oxygens (including phenoxy) is 2. The summed E-state index contributed by atoms with van der Waals surface area (Å²) in [6, 6.07) is 7.11. The number of hydrogen-bond acceptors (Lipinski definition) is 4. The van der Waals surface area contributed by atoms with Crippen molar-refractivity contribution in [1.29, 1.82) is 0 Å². The van der Waals surface area contributed by atoms with Crippen LogP contribution in [0, 0.1) is 0 Å². The zero-order valence-corrected chi connectivity index (χ0v) is 10.1. The highest BCUT2D eigenvalue weighted by Crippen LogP contribution is 2.25. The standard InChI is InChI=1S/C12H18N2O3/c1-9(13)7-14-12(15)8-17-11-6-4-3-5-10(11)16-2/h3-6,9H,7-8,13H2,1-2H3,(H,14,15). The van der Waals surface area contributed by atoms with Gasteiger partial charge >= 0.3 is 0 Å². The molecule has 0 aromatic heterocycles. The van der Waals surface area contributed by atoms with Gasteiger partial charge in [0.15, 0.2) is 18.1 Å². The number of nitrogens with two attached hydrogens (primary N) is 1. The Labute approximate surface area is 101 Å². The third kappa shape index (κ3) is 4.74. The summed E-state index contributed by atoms with van der Waals surface area (Å²) in [7, 11) is 1.55. The van der Waals surface area contributed by atoms with Crippen LogP contribution in [0.5, 0.6) is 11.5 Å². The second kappa shape index (κ2) is 6.75. The van der Waals surface area contributed by atoms with Gasteiger partial charge in [-0.25, -0.2) is 0 Å². The molecule has 1 atom stereocenters. The normalized spacial score (nSPS) is 11.7. The van der Waals surface area contributed by atoms with Gasteiger partial charge in [0.05, 0.1) is 7.11 Å². The number of hydrogen-bond donors (Lipinski definition) is 2. The molecule has 0 saturated carbocycles. The van der Waals surface area contributed by atoms with E-state index in [-0.39, 0.29) is 18.6 Å². The number of benzene rings is 1. The first-order valence-corrected chi connectivity index (χ1v) is 5.41. The van der Waals surface area contributed by atoms with Crippen LogP contribution < -0.4 is 20.5 Å². The molecular weight excluding hydrogens is 220 g/mol. The summed E-state index contributed by atoms with van der Waals surface area (Å²) in [5, 5.41) is 2.66. The highest BCUT2D eigenvalue weighted by molar-refractivity contribution is 5.77. The van der Waals surface area contributed by atoms with E-state index in [1.54, 1.807) is 19.2 Å².